The van der Waals surface area contributed by atoms with Gasteiger partial charge in [0, 0.05) is 17.1 Å². The summed E-state index contributed by atoms with van der Waals surface area (Å²) in [7, 11) is 0. The van der Waals surface area contributed by atoms with Crippen LogP contribution in [0.2, 0.25) is 0 Å². The second kappa shape index (κ2) is 4.53. The summed E-state index contributed by atoms with van der Waals surface area (Å²) >= 11 is 1.60. The predicted molar refractivity (Wildman–Crippen MR) is 64.5 cm³/mol. The number of nitrogens with zero attached hydrogens (tertiary/aromatic N) is 1. The third-order valence-corrected chi connectivity index (χ3v) is 3.39. The van der Waals surface area contributed by atoms with Crippen LogP contribution in [0.5, 0.6) is 0 Å². The second-order valence-corrected chi connectivity index (χ2v) is 4.47. The maximum absolute atomic E-state index is 11.8. The first kappa shape index (κ1) is 11.0. The third kappa shape index (κ3) is 1.88. The molecule has 0 aromatic heterocycles. The van der Waals surface area contributed by atoms with E-state index in [1.54, 1.807) is 17.8 Å². The Bertz CT molecular complexity index is 456. The van der Waals surface area contributed by atoms with Gasteiger partial charge in [-0.25, -0.2) is 4.90 Å². The van der Waals surface area contributed by atoms with Gasteiger partial charge in [0.25, 0.3) is 5.91 Å². The number of amides is 2. The summed E-state index contributed by atoms with van der Waals surface area (Å²) in [6.07, 6.45) is 1.55. The summed E-state index contributed by atoms with van der Waals surface area (Å²) in [4.78, 5) is 25.7. The number of para-hydroxylation sites is 1. The molecule has 0 atom stereocenters. The number of fused-ring (bicyclic) bond motifs is 1. The average Bonchev–Trinajstić information content (AvgIpc) is 2.46. The van der Waals surface area contributed by atoms with E-state index in [-0.39, 0.29) is 11.8 Å². The number of carbonyl (C=O) groups is 2. The molecule has 0 bridgehead atoms. The zero-order chi connectivity index (χ0) is 11.5. The Balaban J connectivity index is 2.51. The van der Waals surface area contributed by atoms with Gasteiger partial charge in [0.2, 0.25) is 5.91 Å². The van der Waals surface area contributed by atoms with E-state index in [9.17, 15) is 9.59 Å². The quantitative estimate of drug-likeness (QED) is 0.698. The van der Waals surface area contributed by atoms with Gasteiger partial charge in [-0.1, -0.05) is 18.7 Å². The van der Waals surface area contributed by atoms with Gasteiger partial charge in [-0.05, 0) is 18.2 Å². The van der Waals surface area contributed by atoms with Crippen molar-refractivity contribution in [3.63, 3.8) is 0 Å². The number of rotatable bonds is 1. The van der Waals surface area contributed by atoms with Crippen LogP contribution in [0.1, 0.15) is 6.42 Å². The molecule has 1 heterocycles. The summed E-state index contributed by atoms with van der Waals surface area (Å²) in [5.74, 6) is 0.179. The predicted octanol–water partition coefficient (Wildman–Crippen LogP) is 2.23. The summed E-state index contributed by atoms with van der Waals surface area (Å²) in [5, 5.41) is 0. The summed E-state index contributed by atoms with van der Waals surface area (Å²) in [5.41, 5.74) is 0.667. The number of thioether (sulfide) groups is 1. The first-order valence-corrected chi connectivity index (χ1v) is 5.94. The van der Waals surface area contributed by atoms with Crippen LogP contribution in [0.4, 0.5) is 5.69 Å². The first-order chi connectivity index (χ1) is 7.74. The minimum atomic E-state index is -0.361. The van der Waals surface area contributed by atoms with Crippen molar-refractivity contribution >= 4 is 29.3 Å². The van der Waals surface area contributed by atoms with Gasteiger partial charge in [-0.3, -0.25) is 9.59 Å². The van der Waals surface area contributed by atoms with Gasteiger partial charge < -0.3 is 0 Å². The molecule has 1 aliphatic rings. The molecule has 1 aliphatic heterocycles. The van der Waals surface area contributed by atoms with Gasteiger partial charge >= 0.3 is 0 Å². The van der Waals surface area contributed by atoms with Crippen molar-refractivity contribution in [1.29, 1.82) is 0 Å². The van der Waals surface area contributed by atoms with Crippen LogP contribution >= 0.6 is 11.8 Å². The Morgan fingerprint density at radius 2 is 2.19 bits per heavy atom. The van der Waals surface area contributed by atoms with Crippen LogP contribution in [0.3, 0.4) is 0 Å². The first-order valence-electron chi connectivity index (χ1n) is 4.95. The Kier molecular flexibility index (Phi) is 3.10. The van der Waals surface area contributed by atoms with E-state index < -0.39 is 0 Å². The lowest BCUT2D eigenvalue weighted by molar-refractivity contribution is -0.124. The van der Waals surface area contributed by atoms with E-state index >= 15 is 0 Å². The number of benzene rings is 1. The van der Waals surface area contributed by atoms with Crippen LogP contribution in [0, 0.1) is 0 Å². The minimum Gasteiger partial charge on any atom is -0.274 e. The standard InChI is InChI=1S/C12H11NO2S/c1-2-11(14)13-9-5-3-4-6-10(9)16-8-7-12(13)15/h2-6H,1,7-8H2. The van der Waals surface area contributed by atoms with Crippen molar-refractivity contribution in [2.75, 3.05) is 10.7 Å². The minimum absolute atomic E-state index is 0.164. The fourth-order valence-electron chi connectivity index (χ4n) is 1.59. The Labute approximate surface area is 98.1 Å². The lowest BCUT2D eigenvalue weighted by atomic mass is 10.2. The van der Waals surface area contributed by atoms with E-state index in [0.717, 1.165) is 4.90 Å². The average molecular weight is 233 g/mol. The molecule has 3 nitrogen and oxygen atoms in total. The smallest absolute Gasteiger partial charge is 0.257 e. The lowest BCUT2D eigenvalue weighted by Gasteiger charge is -2.18. The van der Waals surface area contributed by atoms with Crippen LogP contribution < -0.4 is 4.90 Å². The molecule has 0 N–H and O–H groups in total. The molecular weight excluding hydrogens is 222 g/mol. The van der Waals surface area contributed by atoms with Crippen molar-refractivity contribution < 1.29 is 9.59 Å². The number of carbonyl (C=O) groups excluding carboxylic acids is 2. The molecule has 1 aromatic rings. The van der Waals surface area contributed by atoms with Crippen molar-refractivity contribution in [2.24, 2.45) is 0 Å². The van der Waals surface area contributed by atoms with E-state index in [0.29, 0.717) is 17.9 Å². The molecular formula is C12H11NO2S. The summed E-state index contributed by atoms with van der Waals surface area (Å²) in [6.45, 7) is 3.42. The highest BCUT2D eigenvalue weighted by molar-refractivity contribution is 7.99. The zero-order valence-electron chi connectivity index (χ0n) is 8.68. The zero-order valence-corrected chi connectivity index (χ0v) is 9.50. The van der Waals surface area contributed by atoms with Gasteiger partial charge in [0.05, 0.1) is 5.69 Å². The molecule has 0 spiro atoms. The molecule has 0 saturated heterocycles. The van der Waals surface area contributed by atoms with Crippen molar-refractivity contribution in [2.45, 2.75) is 11.3 Å². The van der Waals surface area contributed by atoms with Crippen LogP contribution in [-0.4, -0.2) is 17.6 Å². The molecule has 82 valence electrons. The number of hydrogen-bond donors (Lipinski definition) is 0. The highest BCUT2D eigenvalue weighted by Crippen LogP contribution is 2.34. The Hall–Kier alpha value is -1.55. The fraction of sp³-hybridized carbons (Fsp3) is 0.167. The molecule has 0 unspecified atom stereocenters. The topological polar surface area (TPSA) is 37.4 Å². The Morgan fingerprint density at radius 1 is 1.44 bits per heavy atom. The second-order valence-electron chi connectivity index (χ2n) is 3.34. The lowest BCUT2D eigenvalue weighted by Crippen LogP contribution is -2.35. The van der Waals surface area contributed by atoms with Gasteiger partial charge in [0.15, 0.2) is 0 Å². The van der Waals surface area contributed by atoms with E-state index in [4.69, 9.17) is 0 Å². The highest BCUT2D eigenvalue weighted by Gasteiger charge is 2.26. The summed E-state index contributed by atoms with van der Waals surface area (Å²) < 4.78 is 0. The molecule has 1 aromatic carbocycles. The van der Waals surface area contributed by atoms with E-state index in [2.05, 4.69) is 6.58 Å². The monoisotopic (exact) mass is 233 g/mol. The SMILES string of the molecule is C=CC(=O)N1C(=O)CCSc2ccccc21. The van der Waals surface area contributed by atoms with Crippen molar-refractivity contribution in [3.05, 3.63) is 36.9 Å². The van der Waals surface area contributed by atoms with Crippen LogP contribution in [-0.2, 0) is 9.59 Å². The largest absolute Gasteiger partial charge is 0.274 e. The van der Waals surface area contributed by atoms with Crippen molar-refractivity contribution in [1.82, 2.24) is 0 Å². The van der Waals surface area contributed by atoms with Gasteiger partial charge in [0.1, 0.15) is 0 Å². The summed E-state index contributed by atoms with van der Waals surface area (Å²) in [6, 6.07) is 7.43. The maximum atomic E-state index is 11.8. The molecule has 0 saturated carbocycles. The number of imide groups is 1. The molecule has 16 heavy (non-hydrogen) atoms. The fourth-order valence-corrected chi connectivity index (χ4v) is 2.57. The van der Waals surface area contributed by atoms with Crippen molar-refractivity contribution in [3.8, 4) is 0 Å². The maximum Gasteiger partial charge on any atom is 0.257 e. The van der Waals surface area contributed by atoms with Crippen LogP contribution in [0.15, 0.2) is 41.8 Å². The highest BCUT2D eigenvalue weighted by atomic mass is 32.2. The molecule has 0 aliphatic carbocycles. The van der Waals surface area contributed by atoms with E-state index in [1.807, 2.05) is 18.2 Å². The Morgan fingerprint density at radius 3 is 2.94 bits per heavy atom. The van der Waals surface area contributed by atoms with Gasteiger partial charge in [-0.2, -0.15) is 0 Å². The van der Waals surface area contributed by atoms with Crippen LogP contribution in [0.25, 0.3) is 0 Å². The molecule has 2 rings (SSSR count). The molecule has 4 heteroatoms. The molecule has 0 radical (unpaired) electrons. The third-order valence-electron chi connectivity index (χ3n) is 2.32. The van der Waals surface area contributed by atoms with Gasteiger partial charge in [-0.15, -0.1) is 11.8 Å². The normalized spacial score (nSPS) is 15.2. The molecule has 0 fully saturated rings. The molecule has 2 amide bonds. The number of anilines is 1. The number of hydrogen-bond acceptors (Lipinski definition) is 3. The van der Waals surface area contributed by atoms with E-state index in [1.165, 1.54) is 11.0 Å².